The van der Waals surface area contributed by atoms with E-state index in [1.54, 1.807) is 7.85 Å². The Morgan fingerprint density at radius 3 is 1.50 bits per heavy atom. The van der Waals surface area contributed by atoms with Crippen LogP contribution in [-0.4, -0.2) is 18.6 Å². The molecular weight excluding hydrogens is 101 g/mol. The zero-order valence-corrected chi connectivity index (χ0v) is 6.02. The van der Waals surface area contributed by atoms with E-state index >= 15 is 0 Å². The van der Waals surface area contributed by atoms with Crippen LogP contribution in [0.4, 0.5) is 0 Å². The first-order chi connectivity index (χ1) is 3.25. The number of hydrogen-bond donors (Lipinski definition) is 2. The summed E-state index contributed by atoms with van der Waals surface area (Å²) in [6.07, 6.45) is 0. The van der Waals surface area contributed by atoms with E-state index in [0.717, 1.165) is 0 Å². The normalized spacial score (nSPS) is 20.1. The number of nitrogens with two attached hydrogens (primary N) is 1. The summed E-state index contributed by atoms with van der Waals surface area (Å²) < 4.78 is 0. The van der Waals surface area contributed by atoms with Crippen LogP contribution in [0.2, 0.25) is 0 Å². The fourth-order valence-electron chi connectivity index (χ4n) is 0. The zero-order valence-electron chi connectivity index (χ0n) is 6.02. The molecule has 0 aliphatic rings. The molecule has 48 valence electrons. The van der Waals surface area contributed by atoms with E-state index in [1.807, 2.05) is 20.8 Å². The van der Waals surface area contributed by atoms with Gasteiger partial charge in [-0.05, 0) is 5.41 Å². The van der Waals surface area contributed by atoms with Gasteiger partial charge in [0, 0.05) is 0 Å². The summed E-state index contributed by atoms with van der Waals surface area (Å²) in [4.78, 5) is 0. The number of aliphatic hydroxyl groups is 1. The van der Waals surface area contributed by atoms with Gasteiger partial charge in [-0.3, -0.25) is 0 Å². The van der Waals surface area contributed by atoms with Gasteiger partial charge in [-0.25, -0.2) is 0 Å². The summed E-state index contributed by atoms with van der Waals surface area (Å²) in [5, 5.41) is 9.13. The first-order valence-electron chi connectivity index (χ1n) is 2.76. The molecule has 0 aromatic rings. The van der Waals surface area contributed by atoms with E-state index in [4.69, 9.17) is 10.8 Å². The van der Waals surface area contributed by atoms with Crippen LogP contribution in [0.5, 0.6) is 0 Å². The molecule has 0 amide bonds. The maximum absolute atomic E-state index is 9.13. The molecule has 0 aliphatic heterocycles. The van der Waals surface area contributed by atoms with Crippen LogP contribution in [0.3, 0.4) is 0 Å². The SMILES string of the molecule is BC(N)(O)C(C)(C)C. The Bertz CT molecular complexity index is 67.4. The second-order valence-corrected chi connectivity index (χ2v) is 3.40. The zero-order chi connectivity index (χ0) is 7.00. The van der Waals surface area contributed by atoms with E-state index in [0.29, 0.717) is 0 Å². The second-order valence-electron chi connectivity index (χ2n) is 3.40. The van der Waals surface area contributed by atoms with Crippen molar-refractivity contribution in [2.24, 2.45) is 11.1 Å². The van der Waals surface area contributed by atoms with Crippen LogP contribution in [0.1, 0.15) is 20.8 Å². The van der Waals surface area contributed by atoms with E-state index in [9.17, 15) is 0 Å². The maximum atomic E-state index is 9.13. The predicted molar refractivity (Wildman–Crippen MR) is 37.1 cm³/mol. The summed E-state index contributed by atoms with van der Waals surface area (Å²) in [5.74, 6) is 0. The lowest BCUT2D eigenvalue weighted by Crippen LogP contribution is -2.51. The fourth-order valence-corrected chi connectivity index (χ4v) is 0. The third kappa shape index (κ3) is 1.84. The van der Waals surface area contributed by atoms with Gasteiger partial charge >= 0.3 is 0 Å². The Hall–Kier alpha value is -0.0151. The Labute approximate surface area is 51.5 Å². The second kappa shape index (κ2) is 1.74. The molecule has 0 bridgehead atoms. The minimum absolute atomic E-state index is 0.229. The van der Waals surface area contributed by atoms with Gasteiger partial charge in [0.1, 0.15) is 0 Å². The molecule has 0 spiro atoms. The molecule has 3 heteroatoms. The van der Waals surface area contributed by atoms with Crippen molar-refractivity contribution in [1.29, 1.82) is 0 Å². The molecule has 0 fully saturated rings. The van der Waals surface area contributed by atoms with Crippen molar-refractivity contribution in [2.75, 3.05) is 0 Å². The van der Waals surface area contributed by atoms with Crippen molar-refractivity contribution < 1.29 is 5.11 Å². The first-order valence-corrected chi connectivity index (χ1v) is 2.76. The van der Waals surface area contributed by atoms with Gasteiger partial charge in [-0.1, -0.05) is 20.8 Å². The highest BCUT2D eigenvalue weighted by Gasteiger charge is 2.29. The quantitative estimate of drug-likeness (QED) is 0.323. The molecule has 2 nitrogen and oxygen atoms in total. The molecule has 8 heavy (non-hydrogen) atoms. The summed E-state index contributed by atoms with van der Waals surface area (Å²) >= 11 is 0. The molecule has 0 radical (unpaired) electrons. The molecule has 1 unspecified atom stereocenters. The number of rotatable bonds is 0. The minimum Gasteiger partial charge on any atom is -0.384 e. The van der Waals surface area contributed by atoms with Crippen molar-refractivity contribution in [3.8, 4) is 0 Å². The average molecular weight is 115 g/mol. The van der Waals surface area contributed by atoms with Crippen molar-refractivity contribution >= 4 is 7.85 Å². The van der Waals surface area contributed by atoms with Crippen molar-refractivity contribution in [3.05, 3.63) is 0 Å². The molecule has 0 saturated heterocycles. The van der Waals surface area contributed by atoms with E-state index in [1.165, 1.54) is 0 Å². The molecule has 1 atom stereocenters. The van der Waals surface area contributed by atoms with Gasteiger partial charge < -0.3 is 10.8 Å². The van der Waals surface area contributed by atoms with Crippen molar-refractivity contribution in [1.82, 2.24) is 0 Å². The van der Waals surface area contributed by atoms with Gasteiger partial charge in [-0.15, -0.1) is 0 Å². The Kier molecular flexibility index (Phi) is 1.74. The molecule has 0 saturated carbocycles. The summed E-state index contributed by atoms with van der Waals surface area (Å²) in [7, 11) is 1.60. The average Bonchev–Trinajstić information content (AvgIpc) is 1.25. The maximum Gasteiger partial charge on any atom is 0.162 e. The molecule has 0 aromatic heterocycles. The first kappa shape index (κ1) is 7.98. The lowest BCUT2D eigenvalue weighted by molar-refractivity contribution is 0.0253. The molecular formula is C5H14BNO. The number of hydrogen-bond acceptors (Lipinski definition) is 2. The van der Waals surface area contributed by atoms with Gasteiger partial charge in [-0.2, -0.15) is 0 Å². The van der Waals surface area contributed by atoms with Gasteiger partial charge in [0.25, 0.3) is 0 Å². The highest BCUT2D eigenvalue weighted by Crippen LogP contribution is 2.21. The van der Waals surface area contributed by atoms with Crippen molar-refractivity contribution in [2.45, 2.75) is 26.4 Å². The fraction of sp³-hybridized carbons (Fsp3) is 1.00. The van der Waals surface area contributed by atoms with Gasteiger partial charge in [0.2, 0.25) is 0 Å². The summed E-state index contributed by atoms with van der Waals surface area (Å²) in [6.45, 7) is 5.69. The standard InChI is InChI=1S/C5H14BNO/c1-4(2,3)5(6,7)8/h8H,6-7H2,1-3H3. The molecule has 0 heterocycles. The Morgan fingerprint density at radius 1 is 1.38 bits per heavy atom. The predicted octanol–water partition coefficient (Wildman–Crippen LogP) is -0.730. The van der Waals surface area contributed by atoms with E-state index in [2.05, 4.69) is 0 Å². The molecule has 0 aromatic carbocycles. The summed E-state index contributed by atoms with van der Waals surface area (Å²) in [5.41, 5.74) is 4.08. The van der Waals surface area contributed by atoms with Crippen LogP contribution in [0.25, 0.3) is 0 Å². The summed E-state index contributed by atoms with van der Waals surface area (Å²) in [6, 6.07) is 0. The van der Waals surface area contributed by atoms with Crippen LogP contribution in [-0.2, 0) is 0 Å². The van der Waals surface area contributed by atoms with Gasteiger partial charge in [0.15, 0.2) is 7.85 Å². The van der Waals surface area contributed by atoms with Crippen LogP contribution in [0, 0.1) is 5.41 Å². The largest absolute Gasteiger partial charge is 0.384 e. The minimum atomic E-state index is -1.06. The molecule has 0 aliphatic carbocycles. The van der Waals surface area contributed by atoms with E-state index < -0.39 is 5.62 Å². The van der Waals surface area contributed by atoms with Crippen LogP contribution >= 0.6 is 0 Å². The van der Waals surface area contributed by atoms with Gasteiger partial charge in [0.05, 0.1) is 5.62 Å². The molecule has 3 N–H and O–H groups in total. The van der Waals surface area contributed by atoms with E-state index in [-0.39, 0.29) is 5.41 Å². The Balaban J connectivity index is 4.02. The third-order valence-corrected chi connectivity index (χ3v) is 1.52. The third-order valence-electron chi connectivity index (χ3n) is 1.52. The van der Waals surface area contributed by atoms with Crippen molar-refractivity contribution in [3.63, 3.8) is 0 Å². The lowest BCUT2D eigenvalue weighted by Gasteiger charge is -2.33. The van der Waals surface area contributed by atoms with Crippen LogP contribution in [0.15, 0.2) is 0 Å². The van der Waals surface area contributed by atoms with Crippen LogP contribution < -0.4 is 5.73 Å². The molecule has 0 rings (SSSR count). The highest BCUT2D eigenvalue weighted by molar-refractivity contribution is 6.14. The lowest BCUT2D eigenvalue weighted by atomic mass is 9.71. The smallest absolute Gasteiger partial charge is 0.162 e. The highest BCUT2D eigenvalue weighted by atomic mass is 16.3. The Morgan fingerprint density at radius 2 is 1.50 bits per heavy atom. The monoisotopic (exact) mass is 115 g/mol. The topological polar surface area (TPSA) is 46.2 Å².